The molecule has 0 aliphatic carbocycles. The summed E-state index contributed by atoms with van der Waals surface area (Å²) in [6.45, 7) is 0.514. The number of likely N-dealkylation sites (N-methyl/N-ethyl adjacent to an activating group) is 1. The molecule has 1 heterocycles. The lowest BCUT2D eigenvalue weighted by atomic mass is 10.0. The minimum Gasteiger partial charge on any atom is -0.361 e. The fraction of sp³-hybridized carbons (Fsp3) is 0.308. The Labute approximate surface area is 105 Å². The molecule has 0 aliphatic heterocycles. The third-order valence-corrected chi connectivity index (χ3v) is 2.92. The number of nitrogens with zero attached hydrogens (tertiary/aromatic N) is 1. The number of aromatic nitrogens is 1. The SMILES string of the molecule is CNC(CN)Cc1oncc1-c1ccc(F)cc1. The first-order valence-electron chi connectivity index (χ1n) is 5.81. The average molecular weight is 249 g/mol. The van der Waals surface area contributed by atoms with Crippen molar-refractivity contribution >= 4 is 0 Å². The normalized spacial score (nSPS) is 12.6. The van der Waals surface area contributed by atoms with E-state index in [1.807, 2.05) is 7.05 Å². The second-order valence-electron chi connectivity index (χ2n) is 4.09. The first kappa shape index (κ1) is 12.7. The van der Waals surface area contributed by atoms with E-state index in [1.54, 1.807) is 18.3 Å². The fourth-order valence-electron chi connectivity index (χ4n) is 1.80. The van der Waals surface area contributed by atoms with Gasteiger partial charge in [0.25, 0.3) is 0 Å². The molecule has 3 N–H and O–H groups in total. The molecule has 0 saturated heterocycles. The minimum atomic E-state index is -0.258. The van der Waals surface area contributed by atoms with Crippen LogP contribution in [-0.2, 0) is 6.42 Å². The van der Waals surface area contributed by atoms with Crippen molar-refractivity contribution in [3.8, 4) is 11.1 Å². The average Bonchev–Trinajstić information content (AvgIpc) is 2.85. The van der Waals surface area contributed by atoms with Crippen molar-refractivity contribution in [1.29, 1.82) is 0 Å². The van der Waals surface area contributed by atoms with Crippen LogP contribution in [0.2, 0.25) is 0 Å². The van der Waals surface area contributed by atoms with Crippen LogP contribution in [0.25, 0.3) is 11.1 Å². The molecular weight excluding hydrogens is 233 g/mol. The number of rotatable bonds is 5. The Morgan fingerprint density at radius 2 is 2.11 bits per heavy atom. The minimum absolute atomic E-state index is 0.136. The summed E-state index contributed by atoms with van der Waals surface area (Å²) >= 11 is 0. The highest BCUT2D eigenvalue weighted by atomic mass is 19.1. The molecule has 96 valence electrons. The molecule has 5 heteroatoms. The maximum Gasteiger partial charge on any atom is 0.146 e. The quantitative estimate of drug-likeness (QED) is 0.844. The highest BCUT2D eigenvalue weighted by Crippen LogP contribution is 2.24. The molecule has 1 aromatic heterocycles. The first-order chi connectivity index (χ1) is 8.74. The zero-order chi connectivity index (χ0) is 13.0. The predicted molar refractivity (Wildman–Crippen MR) is 67.5 cm³/mol. The van der Waals surface area contributed by atoms with E-state index in [0.29, 0.717) is 13.0 Å². The van der Waals surface area contributed by atoms with Gasteiger partial charge in [-0.05, 0) is 24.7 Å². The lowest BCUT2D eigenvalue weighted by molar-refractivity contribution is 0.368. The number of hydrogen-bond donors (Lipinski definition) is 2. The fourth-order valence-corrected chi connectivity index (χ4v) is 1.80. The summed E-state index contributed by atoms with van der Waals surface area (Å²) in [6, 6.07) is 6.40. The Morgan fingerprint density at radius 1 is 1.39 bits per heavy atom. The summed E-state index contributed by atoms with van der Waals surface area (Å²) in [5, 5.41) is 6.91. The topological polar surface area (TPSA) is 64.1 Å². The van der Waals surface area contributed by atoms with Gasteiger partial charge in [0, 0.05) is 24.6 Å². The van der Waals surface area contributed by atoms with Crippen molar-refractivity contribution in [1.82, 2.24) is 10.5 Å². The van der Waals surface area contributed by atoms with Crippen LogP contribution in [0.4, 0.5) is 4.39 Å². The zero-order valence-electron chi connectivity index (χ0n) is 10.2. The van der Waals surface area contributed by atoms with Crippen LogP contribution in [-0.4, -0.2) is 24.8 Å². The summed E-state index contributed by atoms with van der Waals surface area (Å²) in [7, 11) is 1.85. The summed E-state index contributed by atoms with van der Waals surface area (Å²) in [5.41, 5.74) is 7.40. The number of halogens is 1. The van der Waals surface area contributed by atoms with Gasteiger partial charge >= 0.3 is 0 Å². The molecule has 0 saturated carbocycles. The smallest absolute Gasteiger partial charge is 0.146 e. The van der Waals surface area contributed by atoms with E-state index in [1.165, 1.54) is 12.1 Å². The molecule has 2 rings (SSSR count). The summed E-state index contributed by atoms with van der Waals surface area (Å²) < 4.78 is 18.1. The van der Waals surface area contributed by atoms with E-state index in [9.17, 15) is 4.39 Å². The van der Waals surface area contributed by atoms with Crippen molar-refractivity contribution in [3.05, 3.63) is 42.0 Å². The van der Waals surface area contributed by atoms with Gasteiger partial charge in [-0.1, -0.05) is 17.3 Å². The molecule has 1 atom stereocenters. The molecule has 0 bridgehead atoms. The number of hydrogen-bond acceptors (Lipinski definition) is 4. The maximum atomic E-state index is 12.9. The molecule has 4 nitrogen and oxygen atoms in total. The van der Waals surface area contributed by atoms with Gasteiger partial charge in [-0.15, -0.1) is 0 Å². The van der Waals surface area contributed by atoms with Crippen molar-refractivity contribution < 1.29 is 8.91 Å². The maximum absolute atomic E-state index is 12.9. The Hall–Kier alpha value is -1.72. The molecule has 1 unspecified atom stereocenters. The van der Waals surface area contributed by atoms with Crippen LogP contribution in [0.15, 0.2) is 35.0 Å². The van der Waals surface area contributed by atoms with Gasteiger partial charge in [0.15, 0.2) is 0 Å². The van der Waals surface area contributed by atoms with Gasteiger partial charge in [0.2, 0.25) is 0 Å². The van der Waals surface area contributed by atoms with Crippen molar-refractivity contribution in [2.24, 2.45) is 5.73 Å². The third-order valence-electron chi connectivity index (χ3n) is 2.92. The van der Waals surface area contributed by atoms with E-state index in [-0.39, 0.29) is 11.9 Å². The highest BCUT2D eigenvalue weighted by molar-refractivity contribution is 5.64. The van der Waals surface area contributed by atoms with Crippen molar-refractivity contribution in [2.45, 2.75) is 12.5 Å². The molecule has 0 spiro atoms. The second-order valence-corrected chi connectivity index (χ2v) is 4.09. The zero-order valence-corrected chi connectivity index (χ0v) is 10.2. The molecule has 0 amide bonds. The van der Waals surface area contributed by atoms with Gasteiger partial charge < -0.3 is 15.6 Å². The van der Waals surface area contributed by atoms with Crippen LogP contribution < -0.4 is 11.1 Å². The monoisotopic (exact) mass is 249 g/mol. The molecule has 0 radical (unpaired) electrons. The van der Waals surface area contributed by atoms with Gasteiger partial charge in [-0.3, -0.25) is 0 Å². The van der Waals surface area contributed by atoms with Crippen LogP contribution >= 0.6 is 0 Å². The molecule has 18 heavy (non-hydrogen) atoms. The number of nitrogens with one attached hydrogen (secondary N) is 1. The summed E-state index contributed by atoms with van der Waals surface area (Å²) in [6.07, 6.45) is 2.30. The van der Waals surface area contributed by atoms with Gasteiger partial charge in [0.05, 0.1) is 6.20 Å². The Morgan fingerprint density at radius 3 is 2.72 bits per heavy atom. The van der Waals surface area contributed by atoms with Crippen molar-refractivity contribution in [2.75, 3.05) is 13.6 Å². The van der Waals surface area contributed by atoms with Gasteiger partial charge in [-0.2, -0.15) is 0 Å². The van der Waals surface area contributed by atoms with E-state index >= 15 is 0 Å². The Bertz CT molecular complexity index is 491. The highest BCUT2D eigenvalue weighted by Gasteiger charge is 2.14. The lowest BCUT2D eigenvalue weighted by Crippen LogP contribution is -2.35. The van der Waals surface area contributed by atoms with Crippen LogP contribution in [0.5, 0.6) is 0 Å². The standard InChI is InChI=1S/C13H16FN3O/c1-16-11(7-15)6-13-12(8-17-18-13)9-2-4-10(14)5-3-9/h2-5,8,11,16H,6-7,15H2,1H3. The van der Waals surface area contributed by atoms with Gasteiger partial charge in [0.1, 0.15) is 11.6 Å². The summed E-state index contributed by atoms with van der Waals surface area (Å²) in [5.74, 6) is 0.498. The van der Waals surface area contributed by atoms with E-state index in [0.717, 1.165) is 16.9 Å². The molecule has 0 aliphatic rings. The Balaban J connectivity index is 2.24. The molecule has 1 aromatic carbocycles. The third kappa shape index (κ3) is 2.75. The van der Waals surface area contributed by atoms with Gasteiger partial charge in [-0.25, -0.2) is 4.39 Å². The second kappa shape index (κ2) is 5.75. The van der Waals surface area contributed by atoms with Crippen LogP contribution in [0, 0.1) is 5.82 Å². The van der Waals surface area contributed by atoms with Crippen molar-refractivity contribution in [3.63, 3.8) is 0 Å². The molecular formula is C13H16FN3O. The van der Waals surface area contributed by atoms with Crippen LogP contribution in [0.3, 0.4) is 0 Å². The first-order valence-corrected chi connectivity index (χ1v) is 5.81. The number of nitrogens with two attached hydrogens (primary N) is 1. The van der Waals surface area contributed by atoms with E-state index < -0.39 is 0 Å². The largest absolute Gasteiger partial charge is 0.361 e. The lowest BCUT2D eigenvalue weighted by Gasteiger charge is -2.12. The Kier molecular flexibility index (Phi) is 4.07. The van der Waals surface area contributed by atoms with E-state index in [2.05, 4.69) is 10.5 Å². The molecule has 2 aromatic rings. The van der Waals surface area contributed by atoms with E-state index in [4.69, 9.17) is 10.3 Å². The van der Waals surface area contributed by atoms with Crippen LogP contribution in [0.1, 0.15) is 5.76 Å². The number of benzene rings is 1. The molecule has 0 fully saturated rings. The summed E-state index contributed by atoms with van der Waals surface area (Å²) in [4.78, 5) is 0. The predicted octanol–water partition coefficient (Wildman–Crippen LogP) is 1.57.